The van der Waals surface area contributed by atoms with Gasteiger partial charge in [-0.2, -0.15) is 10.1 Å². The lowest BCUT2D eigenvalue weighted by Crippen LogP contribution is -2.42. The summed E-state index contributed by atoms with van der Waals surface area (Å²) in [6.07, 6.45) is 5.74. The van der Waals surface area contributed by atoms with Crippen LogP contribution in [0.15, 0.2) is 53.6 Å². The molecule has 1 saturated heterocycles. The van der Waals surface area contributed by atoms with E-state index in [1.54, 1.807) is 21.5 Å². The summed E-state index contributed by atoms with van der Waals surface area (Å²) in [4.78, 5) is 36.5. The smallest absolute Gasteiger partial charge is 0.252 e. The largest absolute Gasteiger partial charge is 0.341 e. The maximum Gasteiger partial charge on any atom is 0.252 e. The van der Waals surface area contributed by atoms with E-state index in [0.717, 1.165) is 36.0 Å². The van der Waals surface area contributed by atoms with Crippen molar-refractivity contribution in [1.29, 1.82) is 0 Å². The number of rotatable bonds is 5. The standard InChI is InChI=1S/C26H29N7O2/c1-4-23(34)31-12-5-6-20(16-31)33-24(35)14-18(3)21-15-27-26(29-25(21)33)28-22-11-13-32(30-22)19-9-7-17(2)8-10-19/h7-11,13-15,20H,4-6,12,16H2,1-3H3,(H,27,28,29,30)/t20-/m1/s1. The summed E-state index contributed by atoms with van der Waals surface area (Å²) in [7, 11) is 0. The second-order valence-electron chi connectivity index (χ2n) is 9.06. The molecule has 0 aliphatic carbocycles. The van der Waals surface area contributed by atoms with E-state index in [2.05, 4.69) is 15.4 Å². The number of hydrogen-bond acceptors (Lipinski definition) is 6. The summed E-state index contributed by atoms with van der Waals surface area (Å²) in [6.45, 7) is 7.04. The number of anilines is 2. The molecule has 35 heavy (non-hydrogen) atoms. The molecule has 1 amide bonds. The normalized spacial score (nSPS) is 16.0. The van der Waals surface area contributed by atoms with Crippen molar-refractivity contribution < 1.29 is 4.79 Å². The lowest BCUT2D eigenvalue weighted by molar-refractivity contribution is -0.132. The van der Waals surface area contributed by atoms with Crippen LogP contribution in [0.3, 0.4) is 0 Å². The molecule has 5 rings (SSSR count). The number of carbonyl (C=O) groups excluding carboxylic acids is 1. The van der Waals surface area contributed by atoms with E-state index < -0.39 is 0 Å². The number of nitrogens with zero attached hydrogens (tertiary/aromatic N) is 6. The van der Waals surface area contributed by atoms with Gasteiger partial charge in [0.15, 0.2) is 5.82 Å². The Balaban J connectivity index is 1.48. The molecule has 0 unspecified atom stereocenters. The van der Waals surface area contributed by atoms with Gasteiger partial charge in [0.05, 0.1) is 11.7 Å². The third-order valence-electron chi connectivity index (χ3n) is 6.54. The number of piperidine rings is 1. The maximum absolute atomic E-state index is 13.1. The first-order valence-corrected chi connectivity index (χ1v) is 12.0. The van der Waals surface area contributed by atoms with Crippen LogP contribution in [0.5, 0.6) is 0 Å². The van der Waals surface area contributed by atoms with Crippen LogP contribution in [-0.2, 0) is 4.79 Å². The number of likely N-dealkylation sites (tertiary alicyclic amines) is 1. The fraction of sp³-hybridized carbons (Fsp3) is 0.346. The van der Waals surface area contributed by atoms with Gasteiger partial charge in [-0.1, -0.05) is 24.6 Å². The number of fused-ring (bicyclic) bond motifs is 1. The van der Waals surface area contributed by atoms with Gasteiger partial charge < -0.3 is 10.2 Å². The molecule has 0 spiro atoms. The fourth-order valence-corrected chi connectivity index (χ4v) is 4.65. The van der Waals surface area contributed by atoms with Crippen molar-refractivity contribution in [1.82, 2.24) is 29.2 Å². The van der Waals surface area contributed by atoms with Gasteiger partial charge in [-0.05, 0) is 44.4 Å². The molecule has 1 atom stereocenters. The van der Waals surface area contributed by atoms with Crippen LogP contribution in [0.1, 0.15) is 43.4 Å². The second kappa shape index (κ2) is 9.32. The summed E-state index contributed by atoms with van der Waals surface area (Å²) in [5.41, 5.74) is 3.43. The third kappa shape index (κ3) is 4.53. The summed E-state index contributed by atoms with van der Waals surface area (Å²) in [5.74, 6) is 1.08. The minimum atomic E-state index is -0.127. The first kappa shape index (κ1) is 22.8. The van der Waals surface area contributed by atoms with Crippen molar-refractivity contribution in [2.24, 2.45) is 0 Å². The average molecular weight is 472 g/mol. The van der Waals surface area contributed by atoms with Gasteiger partial charge in [0, 0.05) is 49.4 Å². The Morgan fingerprint density at radius 3 is 2.74 bits per heavy atom. The van der Waals surface area contributed by atoms with E-state index in [9.17, 15) is 9.59 Å². The summed E-state index contributed by atoms with van der Waals surface area (Å²) in [6, 6.07) is 11.5. The lowest BCUT2D eigenvalue weighted by Gasteiger charge is -2.34. The predicted molar refractivity (Wildman–Crippen MR) is 135 cm³/mol. The summed E-state index contributed by atoms with van der Waals surface area (Å²) in [5, 5.41) is 8.57. The molecule has 4 aromatic rings. The number of amides is 1. The fourth-order valence-electron chi connectivity index (χ4n) is 4.65. The van der Waals surface area contributed by atoms with E-state index in [1.807, 2.05) is 62.2 Å². The van der Waals surface area contributed by atoms with E-state index >= 15 is 0 Å². The van der Waals surface area contributed by atoms with Crippen LogP contribution >= 0.6 is 0 Å². The molecule has 180 valence electrons. The number of pyridine rings is 1. The van der Waals surface area contributed by atoms with Crippen LogP contribution < -0.4 is 10.9 Å². The average Bonchev–Trinajstić information content (AvgIpc) is 3.32. The Morgan fingerprint density at radius 1 is 1.17 bits per heavy atom. The molecule has 1 aliphatic heterocycles. The van der Waals surface area contributed by atoms with Crippen molar-refractivity contribution in [3.8, 4) is 5.69 Å². The number of aromatic nitrogens is 5. The molecule has 0 saturated carbocycles. The molecular weight excluding hydrogens is 442 g/mol. The first-order chi connectivity index (χ1) is 16.9. The summed E-state index contributed by atoms with van der Waals surface area (Å²) >= 11 is 0. The Labute approximate surface area is 203 Å². The van der Waals surface area contributed by atoms with Gasteiger partial charge in [0.1, 0.15) is 5.65 Å². The zero-order valence-corrected chi connectivity index (χ0v) is 20.2. The molecule has 1 aromatic carbocycles. The molecule has 1 aliphatic rings. The number of hydrogen-bond donors (Lipinski definition) is 1. The SMILES string of the molecule is CCC(=O)N1CCC[C@@H](n2c(=O)cc(C)c3cnc(Nc4ccn(-c5ccc(C)cc5)n4)nc32)C1. The van der Waals surface area contributed by atoms with E-state index in [-0.39, 0.29) is 17.5 Å². The number of benzene rings is 1. The third-order valence-corrected chi connectivity index (χ3v) is 6.54. The molecular formula is C26H29N7O2. The van der Waals surface area contributed by atoms with Crippen LogP contribution in [0, 0.1) is 13.8 Å². The van der Waals surface area contributed by atoms with Gasteiger partial charge in [-0.25, -0.2) is 9.67 Å². The molecule has 0 radical (unpaired) electrons. The van der Waals surface area contributed by atoms with Crippen molar-refractivity contribution in [3.05, 3.63) is 70.3 Å². The zero-order chi connectivity index (χ0) is 24.5. The van der Waals surface area contributed by atoms with Crippen LogP contribution in [-0.4, -0.2) is 48.2 Å². The zero-order valence-electron chi connectivity index (χ0n) is 20.2. The quantitative estimate of drug-likeness (QED) is 0.474. The maximum atomic E-state index is 13.1. The van der Waals surface area contributed by atoms with Crippen molar-refractivity contribution in [2.75, 3.05) is 18.4 Å². The van der Waals surface area contributed by atoms with E-state index in [1.165, 1.54) is 5.56 Å². The monoisotopic (exact) mass is 471 g/mol. The van der Waals surface area contributed by atoms with Crippen LogP contribution in [0.2, 0.25) is 0 Å². The van der Waals surface area contributed by atoms with E-state index in [0.29, 0.717) is 30.4 Å². The Hall–Kier alpha value is -4.01. The Bertz CT molecular complexity index is 1440. The highest BCUT2D eigenvalue weighted by molar-refractivity contribution is 5.79. The second-order valence-corrected chi connectivity index (χ2v) is 9.06. The molecule has 4 heterocycles. The highest BCUT2D eigenvalue weighted by Crippen LogP contribution is 2.26. The minimum absolute atomic E-state index is 0.111. The topological polar surface area (TPSA) is 97.9 Å². The predicted octanol–water partition coefficient (Wildman–Crippen LogP) is 3.91. The number of aryl methyl sites for hydroxylation is 2. The van der Waals surface area contributed by atoms with E-state index in [4.69, 9.17) is 4.98 Å². The highest BCUT2D eigenvalue weighted by atomic mass is 16.2. The lowest BCUT2D eigenvalue weighted by atomic mass is 10.0. The van der Waals surface area contributed by atoms with Crippen molar-refractivity contribution in [3.63, 3.8) is 0 Å². The molecule has 9 heteroatoms. The van der Waals surface area contributed by atoms with Crippen LogP contribution in [0.25, 0.3) is 16.7 Å². The minimum Gasteiger partial charge on any atom is -0.341 e. The van der Waals surface area contributed by atoms with Crippen molar-refractivity contribution >= 4 is 28.7 Å². The Morgan fingerprint density at radius 2 is 1.97 bits per heavy atom. The van der Waals surface area contributed by atoms with Gasteiger partial charge >= 0.3 is 0 Å². The molecule has 0 bridgehead atoms. The number of nitrogens with one attached hydrogen (secondary N) is 1. The number of carbonyl (C=O) groups is 1. The van der Waals surface area contributed by atoms with Gasteiger partial charge in [0.2, 0.25) is 11.9 Å². The molecule has 1 N–H and O–H groups in total. The molecule has 3 aromatic heterocycles. The van der Waals surface area contributed by atoms with Crippen molar-refractivity contribution in [2.45, 2.75) is 46.1 Å². The molecule has 1 fully saturated rings. The van der Waals surface area contributed by atoms with Crippen LogP contribution in [0.4, 0.5) is 11.8 Å². The first-order valence-electron chi connectivity index (χ1n) is 12.0. The van der Waals surface area contributed by atoms with Gasteiger partial charge in [-0.3, -0.25) is 14.2 Å². The van der Waals surface area contributed by atoms with Gasteiger partial charge in [0.25, 0.3) is 5.56 Å². The highest BCUT2D eigenvalue weighted by Gasteiger charge is 2.26. The van der Waals surface area contributed by atoms with Gasteiger partial charge in [-0.15, -0.1) is 0 Å². The molecule has 9 nitrogen and oxygen atoms in total. The summed E-state index contributed by atoms with van der Waals surface area (Å²) < 4.78 is 3.51. The Kier molecular flexibility index (Phi) is 6.07.